The fourth-order valence-corrected chi connectivity index (χ4v) is 4.31. The molecule has 182 valence electrons. The summed E-state index contributed by atoms with van der Waals surface area (Å²) in [5, 5.41) is 20.3. The van der Waals surface area contributed by atoms with Crippen molar-refractivity contribution < 1.29 is 29.4 Å². The zero-order valence-corrected chi connectivity index (χ0v) is 20.0. The van der Waals surface area contributed by atoms with Gasteiger partial charge in [-0.1, -0.05) is 60.7 Å². The van der Waals surface area contributed by atoms with Crippen LogP contribution in [0.5, 0.6) is 5.75 Å². The van der Waals surface area contributed by atoms with Crippen LogP contribution in [0.15, 0.2) is 72.8 Å². The van der Waals surface area contributed by atoms with Crippen molar-refractivity contribution >= 4 is 12.1 Å². The average molecular weight is 476 g/mol. The molecule has 0 unspecified atom stereocenters. The van der Waals surface area contributed by atoms with Crippen molar-refractivity contribution in [1.82, 2.24) is 5.06 Å². The van der Waals surface area contributed by atoms with E-state index in [9.17, 15) is 19.8 Å². The van der Waals surface area contributed by atoms with Gasteiger partial charge in [-0.05, 0) is 60.7 Å². The molecule has 0 bridgehead atoms. The number of benzene rings is 3. The van der Waals surface area contributed by atoms with Crippen molar-refractivity contribution in [3.8, 4) is 16.9 Å². The van der Waals surface area contributed by atoms with E-state index in [-0.39, 0.29) is 24.7 Å². The minimum atomic E-state index is -1.32. The smallest absolute Gasteiger partial charge is 0.434 e. The lowest BCUT2D eigenvalue weighted by Gasteiger charge is -2.33. The van der Waals surface area contributed by atoms with Crippen LogP contribution in [0.25, 0.3) is 11.1 Å². The molecule has 0 heterocycles. The molecule has 7 nitrogen and oxygen atoms in total. The fourth-order valence-electron chi connectivity index (χ4n) is 4.31. The summed E-state index contributed by atoms with van der Waals surface area (Å²) in [4.78, 5) is 31.3. The highest BCUT2D eigenvalue weighted by atomic mass is 16.7. The summed E-state index contributed by atoms with van der Waals surface area (Å²) in [5.41, 5.74) is 4.11. The molecule has 0 aromatic heterocycles. The Morgan fingerprint density at radius 1 is 0.914 bits per heavy atom. The highest BCUT2D eigenvalue weighted by Gasteiger charge is 2.37. The van der Waals surface area contributed by atoms with Crippen LogP contribution in [0, 0.1) is 0 Å². The molecular formula is C28H29NO6. The van der Waals surface area contributed by atoms with Crippen LogP contribution in [-0.2, 0) is 20.8 Å². The first-order valence-corrected chi connectivity index (χ1v) is 11.5. The lowest BCUT2D eigenvalue weighted by Crippen LogP contribution is -2.50. The Morgan fingerprint density at radius 3 is 1.97 bits per heavy atom. The van der Waals surface area contributed by atoms with E-state index in [1.807, 2.05) is 48.5 Å². The van der Waals surface area contributed by atoms with Gasteiger partial charge in [-0.15, -0.1) is 0 Å². The van der Waals surface area contributed by atoms with Gasteiger partial charge in [0.15, 0.2) is 6.04 Å². The number of nitrogens with zero attached hydrogens (tertiary/aromatic N) is 1. The molecule has 1 amide bonds. The highest BCUT2D eigenvalue weighted by molar-refractivity contribution is 5.81. The van der Waals surface area contributed by atoms with Gasteiger partial charge < -0.3 is 14.9 Å². The first-order chi connectivity index (χ1) is 16.6. The molecule has 3 aromatic carbocycles. The van der Waals surface area contributed by atoms with Crippen LogP contribution in [0.3, 0.4) is 0 Å². The molecule has 35 heavy (non-hydrogen) atoms. The molecule has 3 aromatic rings. The number of carbonyl (C=O) groups excluding carboxylic acids is 1. The Labute approximate surface area is 204 Å². The minimum Gasteiger partial charge on any atom is -0.508 e. The Bertz CT molecular complexity index is 1170. The van der Waals surface area contributed by atoms with Crippen molar-refractivity contribution in [2.45, 2.75) is 44.8 Å². The van der Waals surface area contributed by atoms with E-state index in [2.05, 4.69) is 0 Å². The van der Waals surface area contributed by atoms with Crippen LogP contribution < -0.4 is 0 Å². The number of carboxylic acid groups (broad SMARTS) is 1. The van der Waals surface area contributed by atoms with Gasteiger partial charge in [-0.25, -0.2) is 9.59 Å². The maximum atomic E-state index is 13.3. The predicted molar refractivity (Wildman–Crippen MR) is 131 cm³/mol. The van der Waals surface area contributed by atoms with E-state index >= 15 is 0 Å². The molecule has 0 saturated heterocycles. The number of aliphatic carboxylic acids is 1. The lowest BCUT2D eigenvalue weighted by atomic mass is 9.98. The van der Waals surface area contributed by atoms with E-state index < -0.39 is 23.7 Å². The second kappa shape index (κ2) is 9.80. The third-order valence-corrected chi connectivity index (χ3v) is 5.82. The molecule has 0 radical (unpaired) electrons. The molecule has 7 heteroatoms. The van der Waals surface area contributed by atoms with Crippen LogP contribution >= 0.6 is 0 Å². The maximum Gasteiger partial charge on any atom is 0.434 e. The van der Waals surface area contributed by atoms with Crippen LogP contribution in [0.4, 0.5) is 4.79 Å². The monoisotopic (exact) mass is 475 g/mol. The molecule has 1 atom stereocenters. The van der Waals surface area contributed by atoms with Crippen molar-refractivity contribution in [3.05, 3.63) is 89.5 Å². The van der Waals surface area contributed by atoms with E-state index in [0.717, 1.165) is 27.3 Å². The summed E-state index contributed by atoms with van der Waals surface area (Å²) in [6.45, 7) is 5.24. The summed E-state index contributed by atoms with van der Waals surface area (Å²) in [6.07, 6.45) is -0.886. The van der Waals surface area contributed by atoms with Gasteiger partial charge in [0, 0.05) is 12.3 Å². The summed E-state index contributed by atoms with van der Waals surface area (Å²) in [6, 6.07) is 20.8. The number of phenols is 1. The van der Waals surface area contributed by atoms with Crippen molar-refractivity contribution in [2.75, 3.05) is 6.61 Å². The molecule has 0 fully saturated rings. The number of amides is 1. The van der Waals surface area contributed by atoms with Crippen molar-refractivity contribution in [3.63, 3.8) is 0 Å². The van der Waals surface area contributed by atoms with Gasteiger partial charge in [0.25, 0.3) is 0 Å². The number of carbonyl (C=O) groups is 2. The molecule has 1 aliphatic rings. The van der Waals surface area contributed by atoms with Crippen LogP contribution in [-0.4, -0.2) is 45.6 Å². The number of hydrogen-bond acceptors (Lipinski definition) is 5. The highest BCUT2D eigenvalue weighted by Crippen LogP contribution is 2.44. The number of aromatic hydroxyl groups is 1. The Balaban J connectivity index is 1.57. The van der Waals surface area contributed by atoms with Crippen molar-refractivity contribution in [1.29, 1.82) is 0 Å². The molecule has 1 aliphatic carbocycles. The molecular weight excluding hydrogens is 446 g/mol. The summed E-state index contributed by atoms with van der Waals surface area (Å²) < 4.78 is 5.69. The first kappa shape index (κ1) is 24.3. The van der Waals surface area contributed by atoms with E-state index in [1.165, 1.54) is 12.1 Å². The quantitative estimate of drug-likeness (QED) is 0.446. The Hall–Kier alpha value is -3.84. The molecule has 2 N–H and O–H groups in total. The number of fused-ring (bicyclic) bond motifs is 3. The second-order valence-corrected chi connectivity index (χ2v) is 9.56. The number of hydrogen-bond donors (Lipinski definition) is 2. The number of rotatable bonds is 7. The molecule has 0 aliphatic heterocycles. The average Bonchev–Trinajstić information content (AvgIpc) is 3.14. The fraction of sp³-hybridized carbons (Fsp3) is 0.286. The van der Waals surface area contributed by atoms with Gasteiger partial charge in [-0.3, -0.25) is 4.84 Å². The SMILES string of the molecule is CC(C)(C)ON(C(=O)OCC1c2ccccc2-c2ccccc21)[C@@H](Cc1ccc(O)cc1)C(=O)O. The van der Waals surface area contributed by atoms with Gasteiger partial charge in [0.2, 0.25) is 0 Å². The second-order valence-electron chi connectivity index (χ2n) is 9.56. The minimum absolute atomic E-state index is 0.0180. The predicted octanol–water partition coefficient (Wildman–Crippen LogP) is 5.37. The number of phenolic OH excluding ortho intramolecular Hbond substituents is 1. The van der Waals surface area contributed by atoms with Crippen molar-refractivity contribution in [2.24, 2.45) is 0 Å². The largest absolute Gasteiger partial charge is 0.508 e. The number of hydroxylamine groups is 2. The summed E-state index contributed by atoms with van der Waals surface area (Å²) >= 11 is 0. The summed E-state index contributed by atoms with van der Waals surface area (Å²) in [7, 11) is 0. The van der Waals surface area contributed by atoms with Crippen LogP contribution in [0.2, 0.25) is 0 Å². The van der Waals surface area contributed by atoms with Gasteiger partial charge in [-0.2, -0.15) is 5.06 Å². The maximum absolute atomic E-state index is 13.3. The topological polar surface area (TPSA) is 96.3 Å². The van der Waals surface area contributed by atoms with Crippen LogP contribution in [0.1, 0.15) is 43.4 Å². The van der Waals surface area contributed by atoms with E-state index in [1.54, 1.807) is 32.9 Å². The molecule has 4 rings (SSSR count). The zero-order valence-electron chi connectivity index (χ0n) is 20.0. The Kier molecular flexibility index (Phi) is 6.80. The zero-order chi connectivity index (χ0) is 25.2. The first-order valence-electron chi connectivity index (χ1n) is 11.5. The molecule has 0 saturated carbocycles. The number of ether oxygens (including phenoxy) is 1. The number of carboxylic acids is 1. The molecule has 0 spiro atoms. The van der Waals surface area contributed by atoms with Gasteiger partial charge in [0.05, 0.1) is 5.60 Å². The van der Waals surface area contributed by atoms with E-state index in [0.29, 0.717) is 5.56 Å². The third-order valence-electron chi connectivity index (χ3n) is 5.82. The lowest BCUT2D eigenvalue weighted by molar-refractivity contribution is -0.228. The van der Waals surface area contributed by atoms with E-state index in [4.69, 9.17) is 9.57 Å². The normalized spacial score (nSPS) is 13.6. The van der Waals surface area contributed by atoms with Gasteiger partial charge in [0.1, 0.15) is 12.4 Å². The van der Waals surface area contributed by atoms with Gasteiger partial charge >= 0.3 is 12.1 Å². The Morgan fingerprint density at radius 2 is 1.46 bits per heavy atom. The summed E-state index contributed by atoms with van der Waals surface area (Å²) in [5.74, 6) is -1.32. The third kappa shape index (κ3) is 5.46. The standard InChI is InChI=1S/C28H29NO6/c1-28(2,3)35-29(25(26(31)32)16-18-12-14-19(30)15-13-18)27(33)34-17-24-22-10-6-4-8-20(22)21-9-5-7-11-23(21)24/h4-15,24-25,30H,16-17H2,1-3H3,(H,31,32)/t25-/m0/s1.